The third-order valence-corrected chi connectivity index (χ3v) is 4.87. The summed E-state index contributed by atoms with van der Waals surface area (Å²) < 4.78 is 1.82. The van der Waals surface area contributed by atoms with E-state index in [1.54, 1.807) is 12.4 Å². The van der Waals surface area contributed by atoms with E-state index in [-0.39, 0.29) is 11.5 Å². The van der Waals surface area contributed by atoms with E-state index in [1.807, 2.05) is 35.6 Å². The minimum atomic E-state index is -0.496. The molecule has 1 aliphatic carbocycles. The van der Waals surface area contributed by atoms with E-state index in [4.69, 9.17) is 0 Å². The first-order chi connectivity index (χ1) is 10.6. The summed E-state index contributed by atoms with van der Waals surface area (Å²) in [7, 11) is 0. The summed E-state index contributed by atoms with van der Waals surface area (Å²) in [6.07, 6.45) is 3.41. The Hall–Kier alpha value is -2.87. The lowest BCUT2D eigenvalue weighted by Crippen LogP contribution is -2.31. The zero-order chi connectivity index (χ0) is 15.5. The molecule has 0 fully saturated rings. The molecular formula is C17H14N4O. The van der Waals surface area contributed by atoms with Crippen molar-refractivity contribution in [3.05, 3.63) is 58.3 Å². The molecule has 22 heavy (non-hydrogen) atoms. The van der Waals surface area contributed by atoms with E-state index < -0.39 is 5.41 Å². The molecule has 108 valence electrons. The van der Waals surface area contributed by atoms with Crippen molar-refractivity contribution >= 4 is 5.65 Å². The van der Waals surface area contributed by atoms with Crippen LogP contribution in [-0.4, -0.2) is 14.4 Å². The van der Waals surface area contributed by atoms with Gasteiger partial charge in [-0.15, -0.1) is 0 Å². The molecule has 3 aromatic rings. The maximum Gasteiger partial charge on any atom is 0.292 e. The predicted molar refractivity (Wildman–Crippen MR) is 82.5 cm³/mol. The third kappa shape index (κ3) is 1.32. The van der Waals surface area contributed by atoms with Crippen molar-refractivity contribution in [2.24, 2.45) is 5.92 Å². The average molecular weight is 290 g/mol. The van der Waals surface area contributed by atoms with Crippen molar-refractivity contribution < 1.29 is 0 Å². The Kier molecular flexibility index (Phi) is 2.38. The Morgan fingerprint density at radius 1 is 1.41 bits per heavy atom. The fourth-order valence-corrected chi connectivity index (χ4v) is 3.55. The van der Waals surface area contributed by atoms with Crippen LogP contribution in [0, 0.1) is 17.2 Å². The summed E-state index contributed by atoms with van der Waals surface area (Å²) >= 11 is 0. The molecule has 0 amide bonds. The molecule has 1 N–H and O–H groups in total. The number of imidazole rings is 1. The number of hydrogen-bond acceptors (Lipinski definition) is 3. The fraction of sp³-hybridized carbons (Fsp3) is 0.235. The topological polar surface area (TPSA) is 73.9 Å². The zero-order valence-electron chi connectivity index (χ0n) is 12.3. The fourth-order valence-electron chi connectivity index (χ4n) is 3.55. The summed E-state index contributed by atoms with van der Waals surface area (Å²) in [4.78, 5) is 19.4. The first-order valence-electron chi connectivity index (χ1n) is 7.18. The van der Waals surface area contributed by atoms with E-state index in [1.165, 1.54) is 0 Å². The van der Waals surface area contributed by atoms with Gasteiger partial charge in [0, 0.05) is 18.0 Å². The van der Waals surface area contributed by atoms with Crippen LogP contribution in [0.25, 0.3) is 16.9 Å². The lowest BCUT2D eigenvalue weighted by molar-refractivity contribution is 0.448. The number of fused-ring (bicyclic) bond motifs is 5. The minimum Gasteiger partial charge on any atom is -0.317 e. The maximum absolute atomic E-state index is 12.3. The molecular weight excluding hydrogens is 276 g/mol. The van der Waals surface area contributed by atoms with Gasteiger partial charge in [-0.25, -0.2) is 4.98 Å². The molecule has 2 unspecified atom stereocenters. The van der Waals surface area contributed by atoms with E-state index in [0.29, 0.717) is 5.65 Å². The van der Waals surface area contributed by atoms with Gasteiger partial charge in [-0.1, -0.05) is 24.3 Å². The number of nitrogens with one attached hydrogen (secondary N) is 1. The van der Waals surface area contributed by atoms with Crippen molar-refractivity contribution in [3.8, 4) is 17.3 Å². The Morgan fingerprint density at radius 2 is 2.18 bits per heavy atom. The van der Waals surface area contributed by atoms with Gasteiger partial charge in [0.25, 0.3) is 5.56 Å². The summed E-state index contributed by atoms with van der Waals surface area (Å²) in [5, 5.41) is 9.54. The van der Waals surface area contributed by atoms with Gasteiger partial charge < -0.3 is 4.98 Å². The van der Waals surface area contributed by atoms with Crippen LogP contribution in [0.5, 0.6) is 0 Å². The van der Waals surface area contributed by atoms with Gasteiger partial charge in [-0.2, -0.15) is 5.26 Å². The number of rotatable bonds is 1. The van der Waals surface area contributed by atoms with E-state index in [2.05, 4.69) is 23.0 Å². The van der Waals surface area contributed by atoms with Crippen LogP contribution in [0.2, 0.25) is 0 Å². The highest BCUT2D eigenvalue weighted by molar-refractivity contribution is 5.78. The van der Waals surface area contributed by atoms with Gasteiger partial charge >= 0.3 is 0 Å². The molecule has 5 heteroatoms. The van der Waals surface area contributed by atoms with Crippen molar-refractivity contribution in [1.82, 2.24) is 14.4 Å². The molecule has 0 aliphatic heterocycles. The van der Waals surface area contributed by atoms with Gasteiger partial charge in [0.2, 0.25) is 5.65 Å². The van der Waals surface area contributed by atoms with Crippen molar-refractivity contribution in [2.45, 2.75) is 19.3 Å². The number of benzene rings is 1. The first-order valence-corrected chi connectivity index (χ1v) is 7.18. The van der Waals surface area contributed by atoms with Gasteiger partial charge in [0.1, 0.15) is 0 Å². The normalized spacial score (nSPS) is 20.4. The zero-order valence-corrected chi connectivity index (χ0v) is 12.3. The largest absolute Gasteiger partial charge is 0.317 e. The lowest BCUT2D eigenvalue weighted by atomic mass is 9.73. The SMILES string of the molecule is CC(C#N)C1(C)c2ccccc2-c2[nH]c(=O)c3nccn3c21. The lowest BCUT2D eigenvalue weighted by Gasteiger charge is -2.29. The second-order valence-corrected chi connectivity index (χ2v) is 5.90. The van der Waals surface area contributed by atoms with Crippen molar-refractivity contribution in [3.63, 3.8) is 0 Å². The van der Waals surface area contributed by atoms with Gasteiger partial charge in [-0.3, -0.25) is 9.20 Å². The Balaban J connectivity index is 2.24. The number of aromatic nitrogens is 3. The third-order valence-electron chi connectivity index (χ3n) is 4.87. The van der Waals surface area contributed by atoms with Gasteiger partial charge in [0.15, 0.2) is 0 Å². The number of hydrogen-bond donors (Lipinski definition) is 1. The van der Waals surface area contributed by atoms with Crippen molar-refractivity contribution in [1.29, 1.82) is 5.26 Å². The summed E-state index contributed by atoms with van der Waals surface area (Å²) in [6, 6.07) is 10.3. The molecule has 0 spiro atoms. The molecule has 1 aliphatic rings. The Labute approximate surface area is 126 Å². The molecule has 1 aromatic carbocycles. The van der Waals surface area contributed by atoms with E-state index in [0.717, 1.165) is 22.5 Å². The molecule has 0 saturated heterocycles. The summed E-state index contributed by atoms with van der Waals surface area (Å²) in [5.41, 5.74) is 3.41. The first kappa shape index (κ1) is 12.8. The number of H-pyrrole nitrogens is 1. The van der Waals surface area contributed by atoms with Crippen LogP contribution in [0.1, 0.15) is 25.1 Å². The van der Waals surface area contributed by atoms with Crippen LogP contribution in [-0.2, 0) is 5.41 Å². The Bertz CT molecular complexity index is 1010. The van der Waals surface area contributed by atoms with Crippen LogP contribution in [0.3, 0.4) is 0 Å². The molecule has 0 saturated carbocycles. The van der Waals surface area contributed by atoms with Gasteiger partial charge in [0.05, 0.1) is 28.8 Å². The molecule has 0 radical (unpaired) electrons. The Morgan fingerprint density at radius 3 is 2.95 bits per heavy atom. The predicted octanol–water partition coefficient (Wildman–Crippen LogP) is 2.47. The minimum absolute atomic E-state index is 0.215. The highest BCUT2D eigenvalue weighted by Crippen LogP contribution is 2.51. The highest BCUT2D eigenvalue weighted by atomic mass is 16.1. The van der Waals surface area contributed by atoms with Gasteiger partial charge in [-0.05, 0) is 19.4 Å². The van der Waals surface area contributed by atoms with Crippen molar-refractivity contribution in [2.75, 3.05) is 0 Å². The summed E-state index contributed by atoms with van der Waals surface area (Å²) in [5.74, 6) is -0.244. The molecule has 0 bridgehead atoms. The van der Waals surface area contributed by atoms with Crippen LogP contribution in [0.4, 0.5) is 0 Å². The molecule has 5 nitrogen and oxygen atoms in total. The quantitative estimate of drug-likeness (QED) is 0.748. The average Bonchev–Trinajstić information content (AvgIpc) is 3.11. The number of aromatic amines is 1. The maximum atomic E-state index is 12.3. The second-order valence-electron chi connectivity index (χ2n) is 5.90. The second kappa shape index (κ2) is 4.08. The number of nitrogens with zero attached hydrogens (tertiary/aromatic N) is 3. The molecule has 4 rings (SSSR count). The molecule has 2 atom stereocenters. The smallest absolute Gasteiger partial charge is 0.292 e. The van der Waals surface area contributed by atoms with Crippen LogP contribution >= 0.6 is 0 Å². The molecule has 2 heterocycles. The monoisotopic (exact) mass is 290 g/mol. The highest BCUT2D eigenvalue weighted by Gasteiger charge is 2.46. The molecule has 2 aromatic heterocycles. The number of nitriles is 1. The van der Waals surface area contributed by atoms with E-state index in [9.17, 15) is 10.1 Å². The summed E-state index contributed by atoms with van der Waals surface area (Å²) in [6.45, 7) is 3.98. The van der Waals surface area contributed by atoms with Crippen LogP contribution < -0.4 is 5.56 Å². The van der Waals surface area contributed by atoms with Crippen LogP contribution in [0.15, 0.2) is 41.5 Å². The van der Waals surface area contributed by atoms with E-state index >= 15 is 0 Å². The standard InChI is InChI=1S/C17H14N4O/c1-10(9-18)17(2)12-6-4-3-5-11(12)13-14(17)21-8-7-19-15(21)16(22)20-13/h3-8,10H,1-2H3,(H,20,22).